The van der Waals surface area contributed by atoms with Crippen LogP contribution in [0.15, 0.2) is 30.5 Å². The van der Waals surface area contributed by atoms with Crippen molar-refractivity contribution in [3.63, 3.8) is 0 Å². The van der Waals surface area contributed by atoms with E-state index in [2.05, 4.69) is 14.9 Å². The van der Waals surface area contributed by atoms with Gasteiger partial charge in [0.2, 0.25) is 6.10 Å². The first-order chi connectivity index (χ1) is 11.6. The van der Waals surface area contributed by atoms with Gasteiger partial charge in [-0.1, -0.05) is 12.1 Å². The minimum Gasteiger partial charge on any atom is -0.482 e. The van der Waals surface area contributed by atoms with E-state index < -0.39 is 6.10 Å². The number of fused-ring (bicyclic) bond motifs is 2. The van der Waals surface area contributed by atoms with Crippen molar-refractivity contribution in [2.45, 2.75) is 51.5 Å². The summed E-state index contributed by atoms with van der Waals surface area (Å²) in [5.74, 6) is 2.27. The summed E-state index contributed by atoms with van der Waals surface area (Å²) >= 11 is 0. The van der Waals surface area contributed by atoms with Gasteiger partial charge in [-0.2, -0.15) is 0 Å². The van der Waals surface area contributed by atoms with Crippen LogP contribution in [0.3, 0.4) is 0 Å². The van der Waals surface area contributed by atoms with Gasteiger partial charge in [0.1, 0.15) is 11.9 Å². The molecular weight excluding hydrogens is 306 g/mol. The molecular formula is C18H21N3O3. The number of hydrogen-bond donors (Lipinski definition) is 1. The molecule has 0 bridgehead atoms. The van der Waals surface area contributed by atoms with Crippen molar-refractivity contribution < 1.29 is 14.3 Å². The predicted octanol–water partition coefficient (Wildman–Crippen LogP) is 1.85. The number of para-hydroxylation sites is 2. The maximum absolute atomic E-state index is 12.7. The number of aromatic nitrogens is 2. The topological polar surface area (TPSA) is 65.4 Å². The Morgan fingerprint density at radius 2 is 2.04 bits per heavy atom. The Morgan fingerprint density at radius 1 is 1.29 bits per heavy atom. The lowest BCUT2D eigenvalue weighted by Crippen LogP contribution is -2.52. The molecule has 4 rings (SSSR count). The zero-order valence-electron chi connectivity index (χ0n) is 13.9. The molecule has 126 valence electrons. The smallest absolute Gasteiger partial charge is 0.265 e. The fourth-order valence-electron chi connectivity index (χ4n) is 3.39. The van der Waals surface area contributed by atoms with Gasteiger partial charge in [0, 0.05) is 25.2 Å². The van der Waals surface area contributed by atoms with Crippen molar-refractivity contribution in [1.29, 1.82) is 0 Å². The summed E-state index contributed by atoms with van der Waals surface area (Å²) in [6, 6.07) is 7.53. The van der Waals surface area contributed by atoms with Crippen molar-refractivity contribution in [2.75, 3.05) is 0 Å². The van der Waals surface area contributed by atoms with Crippen LogP contribution >= 0.6 is 0 Å². The third-order valence-electron chi connectivity index (χ3n) is 4.56. The maximum Gasteiger partial charge on any atom is 0.265 e. The van der Waals surface area contributed by atoms with Gasteiger partial charge in [-0.05, 0) is 32.4 Å². The molecule has 3 atom stereocenters. The number of carbonyl (C=O) groups excluding carboxylic acids is 1. The molecule has 0 spiro atoms. The van der Waals surface area contributed by atoms with E-state index in [0.717, 1.165) is 30.9 Å². The van der Waals surface area contributed by atoms with E-state index in [9.17, 15) is 4.79 Å². The molecule has 24 heavy (non-hydrogen) atoms. The lowest BCUT2D eigenvalue weighted by molar-refractivity contribution is -0.134. The summed E-state index contributed by atoms with van der Waals surface area (Å²) < 4.78 is 13.8. The first kappa shape index (κ1) is 15.1. The molecule has 6 nitrogen and oxygen atoms in total. The lowest BCUT2D eigenvalue weighted by atomic mass is 10.1. The van der Waals surface area contributed by atoms with Crippen LogP contribution in [0.4, 0.5) is 0 Å². The Bertz CT molecular complexity index is 771. The molecule has 1 aromatic heterocycles. The summed E-state index contributed by atoms with van der Waals surface area (Å²) in [6.07, 6.45) is 2.84. The predicted molar refractivity (Wildman–Crippen MR) is 88.2 cm³/mol. The first-order valence-corrected chi connectivity index (χ1v) is 8.35. The second-order valence-electron chi connectivity index (χ2n) is 6.50. The molecule has 3 heterocycles. The van der Waals surface area contributed by atoms with Gasteiger partial charge in [0.25, 0.3) is 5.91 Å². The van der Waals surface area contributed by atoms with Crippen molar-refractivity contribution in [1.82, 2.24) is 14.9 Å². The molecule has 2 aliphatic heterocycles. The number of hydrogen-bond acceptors (Lipinski definition) is 4. The molecule has 0 fully saturated rings. The Labute approximate surface area is 140 Å². The lowest BCUT2D eigenvalue weighted by Gasteiger charge is -2.33. The minimum absolute atomic E-state index is 0.0894. The van der Waals surface area contributed by atoms with E-state index in [1.165, 1.54) is 0 Å². The van der Waals surface area contributed by atoms with Gasteiger partial charge in [-0.25, -0.2) is 4.98 Å². The van der Waals surface area contributed by atoms with Crippen LogP contribution in [-0.2, 0) is 17.8 Å². The SMILES string of the molecule is Cc1cn2c(n1)CC[C@H](NC(=O)[C@H]1Oc3ccccc3O[C@H]1C)C2. The van der Waals surface area contributed by atoms with Gasteiger partial charge in [0.05, 0.1) is 5.69 Å². The third-order valence-corrected chi connectivity index (χ3v) is 4.56. The summed E-state index contributed by atoms with van der Waals surface area (Å²) in [7, 11) is 0. The Morgan fingerprint density at radius 3 is 2.83 bits per heavy atom. The highest BCUT2D eigenvalue weighted by molar-refractivity contribution is 5.82. The Kier molecular flexibility index (Phi) is 3.67. The highest BCUT2D eigenvalue weighted by Gasteiger charge is 2.35. The van der Waals surface area contributed by atoms with E-state index in [4.69, 9.17) is 9.47 Å². The first-order valence-electron chi connectivity index (χ1n) is 8.35. The molecule has 2 aromatic rings. The second kappa shape index (κ2) is 5.85. The maximum atomic E-state index is 12.7. The summed E-state index contributed by atoms with van der Waals surface area (Å²) in [4.78, 5) is 17.2. The van der Waals surface area contributed by atoms with E-state index in [1.54, 1.807) is 0 Å². The number of aryl methyl sites for hydroxylation is 2. The Balaban J connectivity index is 1.43. The number of amides is 1. The van der Waals surface area contributed by atoms with Crippen LogP contribution in [0.5, 0.6) is 11.5 Å². The third kappa shape index (κ3) is 2.72. The molecule has 0 radical (unpaired) electrons. The fraction of sp³-hybridized carbons (Fsp3) is 0.444. The van der Waals surface area contributed by atoms with Crippen LogP contribution in [0.2, 0.25) is 0 Å². The number of imidazole rings is 1. The number of carbonyl (C=O) groups is 1. The van der Waals surface area contributed by atoms with Gasteiger partial charge >= 0.3 is 0 Å². The highest BCUT2D eigenvalue weighted by Crippen LogP contribution is 2.33. The number of nitrogens with zero attached hydrogens (tertiary/aromatic N) is 2. The van der Waals surface area contributed by atoms with Gasteiger partial charge in [-0.15, -0.1) is 0 Å². The average molecular weight is 327 g/mol. The number of ether oxygens (including phenoxy) is 2. The molecule has 0 saturated heterocycles. The second-order valence-corrected chi connectivity index (χ2v) is 6.50. The van der Waals surface area contributed by atoms with E-state index in [1.807, 2.05) is 44.3 Å². The number of rotatable bonds is 2. The number of benzene rings is 1. The molecule has 6 heteroatoms. The van der Waals surface area contributed by atoms with Gasteiger partial charge in [-0.3, -0.25) is 4.79 Å². The standard InChI is InChI=1S/C18H21N3O3/c1-11-9-21-10-13(7-8-16(21)19-11)20-18(22)17-12(2)23-14-5-3-4-6-15(14)24-17/h3-6,9,12-13,17H,7-8,10H2,1-2H3,(H,20,22)/t12-,13-,17-/m0/s1. The molecule has 0 saturated carbocycles. The monoisotopic (exact) mass is 327 g/mol. The van der Waals surface area contributed by atoms with Crippen LogP contribution in [0, 0.1) is 6.92 Å². The molecule has 2 aliphatic rings. The van der Waals surface area contributed by atoms with Gasteiger partial charge < -0.3 is 19.4 Å². The zero-order valence-corrected chi connectivity index (χ0v) is 13.9. The van der Waals surface area contributed by atoms with Crippen LogP contribution in [0.1, 0.15) is 24.9 Å². The van der Waals surface area contributed by atoms with Crippen molar-refractivity contribution in [2.24, 2.45) is 0 Å². The molecule has 0 unspecified atom stereocenters. The number of nitrogens with one attached hydrogen (secondary N) is 1. The minimum atomic E-state index is -0.633. The normalized spacial score (nSPS) is 25.0. The average Bonchev–Trinajstić information content (AvgIpc) is 2.93. The quantitative estimate of drug-likeness (QED) is 0.914. The fourth-order valence-corrected chi connectivity index (χ4v) is 3.39. The van der Waals surface area contributed by atoms with E-state index in [0.29, 0.717) is 11.5 Å². The van der Waals surface area contributed by atoms with Crippen molar-refractivity contribution in [3.05, 3.63) is 42.0 Å². The van der Waals surface area contributed by atoms with E-state index >= 15 is 0 Å². The van der Waals surface area contributed by atoms with E-state index in [-0.39, 0.29) is 18.1 Å². The van der Waals surface area contributed by atoms with Crippen LogP contribution in [-0.4, -0.2) is 33.7 Å². The van der Waals surface area contributed by atoms with Crippen LogP contribution < -0.4 is 14.8 Å². The largest absolute Gasteiger partial charge is 0.482 e. The summed E-state index contributed by atoms with van der Waals surface area (Å²) in [5, 5.41) is 3.11. The molecule has 0 aliphatic carbocycles. The van der Waals surface area contributed by atoms with Gasteiger partial charge in [0.15, 0.2) is 11.5 Å². The van der Waals surface area contributed by atoms with Crippen molar-refractivity contribution >= 4 is 5.91 Å². The highest BCUT2D eigenvalue weighted by atomic mass is 16.6. The van der Waals surface area contributed by atoms with Crippen LogP contribution in [0.25, 0.3) is 0 Å². The summed E-state index contributed by atoms with van der Waals surface area (Å²) in [6.45, 7) is 4.60. The summed E-state index contributed by atoms with van der Waals surface area (Å²) in [5.41, 5.74) is 1.02. The molecule has 1 amide bonds. The van der Waals surface area contributed by atoms with Crippen molar-refractivity contribution in [3.8, 4) is 11.5 Å². The zero-order chi connectivity index (χ0) is 16.7. The molecule has 1 aromatic carbocycles. The Hall–Kier alpha value is -2.50. The molecule has 1 N–H and O–H groups in total.